The van der Waals surface area contributed by atoms with E-state index >= 15 is 0 Å². The first-order chi connectivity index (χ1) is 8.69. The van der Waals surface area contributed by atoms with E-state index in [9.17, 15) is 5.11 Å². The van der Waals surface area contributed by atoms with Crippen molar-refractivity contribution in [2.45, 2.75) is 27.0 Å². The Balaban J connectivity index is 2.11. The Labute approximate surface area is 108 Å². The van der Waals surface area contributed by atoms with E-state index < -0.39 is 0 Å². The van der Waals surface area contributed by atoms with Gasteiger partial charge in [-0.05, 0) is 42.7 Å². The van der Waals surface area contributed by atoms with Crippen molar-refractivity contribution in [3.63, 3.8) is 0 Å². The van der Waals surface area contributed by atoms with E-state index in [2.05, 4.69) is 17.2 Å². The first-order valence-electron chi connectivity index (χ1n) is 6.06. The fourth-order valence-electron chi connectivity index (χ4n) is 2.00. The van der Waals surface area contributed by atoms with Gasteiger partial charge in [-0.25, -0.2) is 4.98 Å². The monoisotopic (exact) mass is 242 g/mol. The van der Waals surface area contributed by atoms with Crippen molar-refractivity contribution in [1.29, 1.82) is 0 Å². The number of aliphatic hydroxyl groups is 1. The largest absolute Gasteiger partial charge is 0.392 e. The molecule has 1 heterocycles. The van der Waals surface area contributed by atoms with E-state index in [0.717, 1.165) is 22.6 Å². The Kier molecular flexibility index (Phi) is 3.95. The van der Waals surface area contributed by atoms with Crippen LogP contribution in [0.3, 0.4) is 0 Å². The zero-order valence-electron chi connectivity index (χ0n) is 10.8. The van der Waals surface area contributed by atoms with Crippen LogP contribution >= 0.6 is 0 Å². The van der Waals surface area contributed by atoms with Crippen molar-refractivity contribution >= 4 is 5.82 Å². The average molecular weight is 242 g/mol. The number of anilines is 1. The zero-order valence-corrected chi connectivity index (χ0v) is 10.8. The second kappa shape index (κ2) is 5.65. The summed E-state index contributed by atoms with van der Waals surface area (Å²) in [6.45, 7) is 4.78. The van der Waals surface area contributed by atoms with Gasteiger partial charge >= 0.3 is 0 Å². The summed E-state index contributed by atoms with van der Waals surface area (Å²) in [5, 5.41) is 12.6. The molecule has 1 aromatic carbocycles. The van der Waals surface area contributed by atoms with Crippen LogP contribution in [0, 0.1) is 13.8 Å². The molecule has 3 nitrogen and oxygen atoms in total. The van der Waals surface area contributed by atoms with Crippen molar-refractivity contribution in [2.75, 3.05) is 5.32 Å². The number of pyridine rings is 1. The Morgan fingerprint density at radius 1 is 1.11 bits per heavy atom. The van der Waals surface area contributed by atoms with Gasteiger partial charge < -0.3 is 10.4 Å². The molecular formula is C15H18N2O. The maximum atomic E-state index is 9.26. The Morgan fingerprint density at radius 2 is 1.83 bits per heavy atom. The number of benzene rings is 1. The molecule has 2 N–H and O–H groups in total. The lowest BCUT2D eigenvalue weighted by Gasteiger charge is -2.10. The van der Waals surface area contributed by atoms with Gasteiger partial charge in [-0.2, -0.15) is 0 Å². The van der Waals surface area contributed by atoms with Crippen molar-refractivity contribution in [1.82, 2.24) is 4.98 Å². The number of aromatic nitrogens is 1. The summed E-state index contributed by atoms with van der Waals surface area (Å²) in [5.74, 6) is 0.875. The number of hydrogen-bond acceptors (Lipinski definition) is 3. The molecule has 0 aliphatic carbocycles. The van der Waals surface area contributed by atoms with Crippen LogP contribution in [0.15, 0.2) is 36.4 Å². The van der Waals surface area contributed by atoms with Crippen LogP contribution in [0.25, 0.3) is 0 Å². The van der Waals surface area contributed by atoms with E-state index in [0.29, 0.717) is 6.54 Å². The van der Waals surface area contributed by atoms with E-state index in [1.807, 2.05) is 43.3 Å². The molecule has 0 radical (unpaired) electrons. The highest BCUT2D eigenvalue weighted by atomic mass is 16.3. The summed E-state index contributed by atoms with van der Waals surface area (Å²) >= 11 is 0. The Morgan fingerprint density at radius 3 is 2.50 bits per heavy atom. The number of nitrogens with zero attached hydrogens (tertiary/aromatic N) is 1. The summed E-state index contributed by atoms with van der Waals surface area (Å²) in [5.41, 5.74) is 4.25. The van der Waals surface area contributed by atoms with Crippen LogP contribution in [0.4, 0.5) is 5.82 Å². The first-order valence-corrected chi connectivity index (χ1v) is 6.06. The van der Waals surface area contributed by atoms with Gasteiger partial charge in [0, 0.05) is 12.2 Å². The second-order valence-corrected chi connectivity index (χ2v) is 4.45. The number of hydrogen-bond donors (Lipinski definition) is 2. The van der Waals surface area contributed by atoms with E-state index in [-0.39, 0.29) is 6.61 Å². The molecule has 94 valence electrons. The van der Waals surface area contributed by atoms with Crippen molar-refractivity contribution in [3.05, 3.63) is 58.8 Å². The predicted octanol–water partition coefficient (Wildman–Crippen LogP) is 2.80. The molecule has 0 amide bonds. The van der Waals surface area contributed by atoms with Crippen molar-refractivity contribution in [3.8, 4) is 0 Å². The first kappa shape index (κ1) is 12.6. The molecule has 0 saturated carbocycles. The SMILES string of the molecule is Cc1cc(C)nc(NCc2ccccc2CO)c1. The maximum Gasteiger partial charge on any atom is 0.126 e. The van der Waals surface area contributed by atoms with Crippen LogP contribution in [-0.2, 0) is 13.2 Å². The maximum absolute atomic E-state index is 9.26. The van der Waals surface area contributed by atoms with E-state index in [1.165, 1.54) is 5.56 Å². The molecule has 3 heteroatoms. The third-order valence-electron chi connectivity index (χ3n) is 2.85. The molecule has 0 bridgehead atoms. The summed E-state index contributed by atoms with van der Waals surface area (Å²) in [6.07, 6.45) is 0. The number of rotatable bonds is 4. The molecule has 0 atom stereocenters. The molecule has 0 saturated heterocycles. The molecule has 0 unspecified atom stereocenters. The molecule has 0 fully saturated rings. The minimum absolute atomic E-state index is 0.0676. The topological polar surface area (TPSA) is 45.2 Å². The molecule has 1 aromatic heterocycles. The lowest BCUT2D eigenvalue weighted by molar-refractivity contribution is 0.280. The smallest absolute Gasteiger partial charge is 0.126 e. The van der Waals surface area contributed by atoms with Gasteiger partial charge in [0.05, 0.1) is 6.61 Å². The quantitative estimate of drug-likeness (QED) is 0.866. The van der Waals surface area contributed by atoms with Crippen LogP contribution in [-0.4, -0.2) is 10.1 Å². The zero-order chi connectivity index (χ0) is 13.0. The van der Waals surface area contributed by atoms with Gasteiger partial charge in [0.1, 0.15) is 5.82 Å². The van der Waals surface area contributed by atoms with E-state index in [4.69, 9.17) is 0 Å². The lowest BCUT2D eigenvalue weighted by Crippen LogP contribution is -2.05. The molecule has 2 aromatic rings. The Bertz CT molecular complexity index is 518. The second-order valence-electron chi connectivity index (χ2n) is 4.45. The number of aryl methyl sites for hydroxylation is 2. The third kappa shape index (κ3) is 3.08. The van der Waals surface area contributed by atoms with Crippen LogP contribution in [0.2, 0.25) is 0 Å². The highest BCUT2D eigenvalue weighted by molar-refractivity contribution is 5.40. The minimum Gasteiger partial charge on any atom is -0.392 e. The van der Waals surface area contributed by atoms with Crippen LogP contribution in [0.1, 0.15) is 22.4 Å². The fourth-order valence-corrected chi connectivity index (χ4v) is 2.00. The molecule has 2 rings (SSSR count). The fraction of sp³-hybridized carbons (Fsp3) is 0.267. The van der Waals surface area contributed by atoms with Gasteiger partial charge in [-0.3, -0.25) is 0 Å². The van der Waals surface area contributed by atoms with Crippen LogP contribution < -0.4 is 5.32 Å². The third-order valence-corrected chi connectivity index (χ3v) is 2.85. The highest BCUT2D eigenvalue weighted by Gasteiger charge is 2.01. The van der Waals surface area contributed by atoms with Gasteiger partial charge in [0.15, 0.2) is 0 Å². The summed E-state index contributed by atoms with van der Waals surface area (Å²) < 4.78 is 0. The van der Waals surface area contributed by atoms with Crippen LogP contribution in [0.5, 0.6) is 0 Å². The molecule has 0 spiro atoms. The van der Waals surface area contributed by atoms with Crippen molar-refractivity contribution in [2.24, 2.45) is 0 Å². The standard InChI is InChI=1S/C15H18N2O/c1-11-7-12(2)17-15(8-11)16-9-13-5-3-4-6-14(13)10-18/h3-8,18H,9-10H2,1-2H3,(H,16,17). The number of nitrogens with one attached hydrogen (secondary N) is 1. The normalized spacial score (nSPS) is 10.4. The van der Waals surface area contributed by atoms with Gasteiger partial charge in [0.25, 0.3) is 0 Å². The van der Waals surface area contributed by atoms with E-state index in [1.54, 1.807) is 0 Å². The number of aliphatic hydroxyl groups excluding tert-OH is 1. The summed E-state index contributed by atoms with van der Waals surface area (Å²) in [4.78, 5) is 4.43. The minimum atomic E-state index is 0.0676. The molecule has 0 aliphatic rings. The summed E-state index contributed by atoms with van der Waals surface area (Å²) in [6, 6.07) is 11.9. The highest BCUT2D eigenvalue weighted by Crippen LogP contribution is 2.13. The molecule has 18 heavy (non-hydrogen) atoms. The van der Waals surface area contributed by atoms with Gasteiger partial charge in [-0.15, -0.1) is 0 Å². The average Bonchev–Trinajstić information content (AvgIpc) is 2.35. The molecular weight excluding hydrogens is 224 g/mol. The van der Waals surface area contributed by atoms with Gasteiger partial charge in [0.2, 0.25) is 0 Å². The lowest BCUT2D eigenvalue weighted by atomic mass is 10.1. The molecule has 0 aliphatic heterocycles. The predicted molar refractivity (Wildman–Crippen MR) is 73.4 cm³/mol. The van der Waals surface area contributed by atoms with Gasteiger partial charge in [-0.1, -0.05) is 24.3 Å². The van der Waals surface area contributed by atoms with Crippen molar-refractivity contribution < 1.29 is 5.11 Å². The summed E-state index contributed by atoms with van der Waals surface area (Å²) in [7, 11) is 0. The Hall–Kier alpha value is -1.87.